The summed E-state index contributed by atoms with van der Waals surface area (Å²) < 4.78 is 14.7. The Kier molecular flexibility index (Phi) is 10.7. The zero-order chi connectivity index (χ0) is 33.0. The van der Waals surface area contributed by atoms with Crippen LogP contribution in [0.5, 0.6) is 0 Å². The number of anilines is 2. The van der Waals surface area contributed by atoms with E-state index in [4.69, 9.17) is 19.5 Å². The molecular weight excluding hydrogens is 639 g/mol. The highest BCUT2D eigenvalue weighted by atomic mass is 32.1. The van der Waals surface area contributed by atoms with Crippen LogP contribution in [0.25, 0.3) is 10.2 Å². The van der Waals surface area contributed by atoms with Crippen LogP contribution < -0.4 is 9.70 Å². The Morgan fingerprint density at radius 3 is 2.54 bits per heavy atom. The van der Waals surface area contributed by atoms with Gasteiger partial charge in [0, 0.05) is 46.6 Å². The summed E-state index contributed by atoms with van der Waals surface area (Å²) in [6.45, 7) is 15.1. The van der Waals surface area contributed by atoms with Gasteiger partial charge in [0.15, 0.2) is 27.3 Å². The number of para-hydroxylation sites is 1. The summed E-state index contributed by atoms with van der Waals surface area (Å²) in [5.41, 5.74) is 2.28. The first-order valence-corrected chi connectivity index (χ1v) is 21.0. The second-order valence-electron chi connectivity index (χ2n) is 12.7. The number of piperidine rings is 1. The zero-order valence-electron chi connectivity index (χ0n) is 27.7. The minimum Gasteiger partial charge on any atom is -0.461 e. The van der Waals surface area contributed by atoms with Crippen molar-refractivity contribution in [3.8, 4) is 0 Å². The third-order valence-electron chi connectivity index (χ3n) is 8.00. The van der Waals surface area contributed by atoms with Crippen LogP contribution in [0.2, 0.25) is 25.7 Å². The molecule has 0 unspecified atom stereocenters. The van der Waals surface area contributed by atoms with Crippen molar-refractivity contribution in [1.29, 1.82) is 0 Å². The fourth-order valence-electron chi connectivity index (χ4n) is 5.24. The molecule has 5 rings (SSSR count). The number of fused-ring (bicyclic) bond motifs is 1. The fourth-order valence-corrected chi connectivity index (χ4v) is 8.20. The van der Waals surface area contributed by atoms with E-state index in [1.54, 1.807) is 25.2 Å². The minimum atomic E-state index is -1.20. The van der Waals surface area contributed by atoms with Gasteiger partial charge in [-0.05, 0) is 62.4 Å². The Bertz CT molecular complexity index is 1770. The van der Waals surface area contributed by atoms with Gasteiger partial charge in [-0.15, -0.1) is 21.5 Å². The molecule has 246 valence electrons. The molecular formula is C32H43N7O4S2Si. The summed E-state index contributed by atoms with van der Waals surface area (Å²) in [4.78, 5) is 39.8. The van der Waals surface area contributed by atoms with Crippen molar-refractivity contribution in [2.24, 2.45) is 4.99 Å². The molecule has 46 heavy (non-hydrogen) atoms. The van der Waals surface area contributed by atoms with E-state index in [0.717, 1.165) is 51.0 Å². The van der Waals surface area contributed by atoms with Crippen LogP contribution in [0.3, 0.4) is 0 Å². The number of amides is 1. The van der Waals surface area contributed by atoms with Gasteiger partial charge in [-0.3, -0.25) is 9.36 Å². The number of benzene rings is 1. The van der Waals surface area contributed by atoms with Gasteiger partial charge in [0.25, 0.3) is 0 Å². The van der Waals surface area contributed by atoms with Crippen LogP contribution in [0.1, 0.15) is 53.5 Å². The first kappa shape index (κ1) is 33.9. The van der Waals surface area contributed by atoms with Gasteiger partial charge in [-0.25, -0.2) is 9.78 Å². The number of likely N-dealkylation sites (tertiary alicyclic amines) is 1. The molecule has 1 amide bonds. The highest BCUT2D eigenvalue weighted by Gasteiger charge is 2.30. The molecule has 4 heterocycles. The van der Waals surface area contributed by atoms with E-state index >= 15 is 0 Å². The van der Waals surface area contributed by atoms with Crippen LogP contribution in [-0.4, -0.2) is 77.9 Å². The smallest absolute Gasteiger partial charge is 0.358 e. The molecule has 4 aromatic rings. The van der Waals surface area contributed by atoms with E-state index in [1.165, 1.54) is 11.3 Å². The molecule has 1 aliphatic rings. The van der Waals surface area contributed by atoms with Crippen molar-refractivity contribution in [1.82, 2.24) is 24.6 Å². The maximum Gasteiger partial charge on any atom is 0.358 e. The van der Waals surface area contributed by atoms with Gasteiger partial charge in [0.1, 0.15) is 6.73 Å². The molecule has 1 fully saturated rings. The standard InChI is InChI=1S/C32H43N7O4S2Si/c1-8-43-30(41)27-28(23-13-15-38(16-14-23)22(3)40)45-31(33-27)37(4)26-19-21(2)29(36-35-26)34-32-39(20-42-17-18-46(5,6)7)24-11-9-10-12-25(24)44-32/h9-12,19,23H,8,13-18,20H2,1-7H3/b34-32-. The lowest BCUT2D eigenvalue weighted by Gasteiger charge is -2.30. The fraction of sp³-hybridized carbons (Fsp3) is 0.500. The van der Waals surface area contributed by atoms with Crippen LogP contribution in [0.15, 0.2) is 35.3 Å². The van der Waals surface area contributed by atoms with Crippen molar-refractivity contribution in [3.05, 3.63) is 51.3 Å². The number of esters is 1. The van der Waals surface area contributed by atoms with E-state index < -0.39 is 14.0 Å². The Morgan fingerprint density at radius 1 is 1.13 bits per heavy atom. The molecule has 0 saturated carbocycles. The van der Waals surface area contributed by atoms with Crippen molar-refractivity contribution >= 4 is 69.6 Å². The highest BCUT2D eigenvalue weighted by Crippen LogP contribution is 2.39. The molecule has 0 atom stereocenters. The van der Waals surface area contributed by atoms with Gasteiger partial charge in [-0.2, -0.15) is 4.99 Å². The quantitative estimate of drug-likeness (QED) is 0.101. The maximum absolute atomic E-state index is 12.9. The average molecular weight is 682 g/mol. The first-order valence-electron chi connectivity index (χ1n) is 15.7. The number of ether oxygens (including phenoxy) is 2. The number of hydrogen-bond donors (Lipinski definition) is 0. The average Bonchev–Trinajstić information content (AvgIpc) is 3.62. The largest absolute Gasteiger partial charge is 0.461 e. The number of thiazole rings is 2. The molecule has 3 aromatic heterocycles. The number of carbonyl (C=O) groups is 2. The Hall–Kier alpha value is -3.46. The summed E-state index contributed by atoms with van der Waals surface area (Å²) in [5, 5.41) is 9.66. The third-order valence-corrected chi connectivity index (χ3v) is 12.1. The summed E-state index contributed by atoms with van der Waals surface area (Å²) in [6.07, 6.45) is 1.54. The zero-order valence-corrected chi connectivity index (χ0v) is 30.3. The normalized spacial score (nSPS) is 14.7. The van der Waals surface area contributed by atoms with Crippen LogP contribution in [0.4, 0.5) is 16.8 Å². The van der Waals surface area contributed by atoms with Gasteiger partial charge in [-0.1, -0.05) is 43.1 Å². The van der Waals surface area contributed by atoms with E-state index in [9.17, 15) is 9.59 Å². The summed E-state index contributed by atoms with van der Waals surface area (Å²) in [7, 11) is 0.671. The minimum absolute atomic E-state index is 0.0749. The van der Waals surface area contributed by atoms with Gasteiger partial charge in [0.2, 0.25) is 5.91 Å². The lowest BCUT2D eigenvalue weighted by Crippen LogP contribution is -2.36. The molecule has 0 spiro atoms. The Balaban J connectivity index is 1.41. The number of rotatable bonds is 11. The predicted molar refractivity (Wildman–Crippen MR) is 186 cm³/mol. The van der Waals surface area contributed by atoms with Crippen molar-refractivity contribution < 1.29 is 19.1 Å². The van der Waals surface area contributed by atoms with Gasteiger partial charge < -0.3 is 19.3 Å². The lowest BCUT2D eigenvalue weighted by atomic mass is 9.94. The molecule has 0 N–H and O–H groups in total. The molecule has 0 bridgehead atoms. The second-order valence-corrected chi connectivity index (χ2v) is 20.4. The first-order chi connectivity index (χ1) is 21.9. The van der Waals surface area contributed by atoms with E-state index in [0.29, 0.717) is 42.3 Å². The number of nitrogens with zero attached hydrogens (tertiary/aromatic N) is 7. The third kappa shape index (κ3) is 7.90. The summed E-state index contributed by atoms with van der Waals surface area (Å²) in [5.74, 6) is 0.892. The van der Waals surface area contributed by atoms with Crippen LogP contribution >= 0.6 is 22.7 Å². The SMILES string of the molecule is CCOC(=O)c1nc(N(C)c2cc(C)c(/N=c3\sc4ccccc4n3COCC[Si](C)(C)C)nn2)sc1C1CCN(C(C)=O)CC1. The lowest BCUT2D eigenvalue weighted by molar-refractivity contribution is -0.129. The van der Waals surface area contributed by atoms with Crippen molar-refractivity contribution in [2.75, 3.05) is 38.3 Å². The number of aryl methyl sites for hydroxylation is 1. The van der Waals surface area contributed by atoms with E-state index in [2.05, 4.69) is 46.5 Å². The Morgan fingerprint density at radius 2 is 1.87 bits per heavy atom. The summed E-state index contributed by atoms with van der Waals surface area (Å²) >= 11 is 3.06. The molecule has 14 heteroatoms. The monoisotopic (exact) mass is 681 g/mol. The Labute approximate surface area is 278 Å². The van der Waals surface area contributed by atoms with Crippen molar-refractivity contribution in [2.45, 2.75) is 71.9 Å². The number of hydrogen-bond acceptors (Lipinski definition) is 11. The number of aromatic nitrogens is 4. The van der Waals surface area contributed by atoms with Crippen LogP contribution in [-0.2, 0) is 21.0 Å². The van der Waals surface area contributed by atoms with Gasteiger partial charge >= 0.3 is 5.97 Å². The molecule has 11 nitrogen and oxygen atoms in total. The molecule has 1 saturated heterocycles. The van der Waals surface area contributed by atoms with E-state index in [1.807, 2.05) is 42.0 Å². The second kappa shape index (κ2) is 14.5. The maximum atomic E-state index is 12.9. The molecule has 1 aliphatic heterocycles. The number of carbonyl (C=O) groups excluding carboxylic acids is 2. The van der Waals surface area contributed by atoms with Crippen LogP contribution in [0, 0.1) is 6.92 Å². The van der Waals surface area contributed by atoms with Crippen molar-refractivity contribution in [3.63, 3.8) is 0 Å². The molecule has 0 radical (unpaired) electrons. The van der Waals surface area contributed by atoms with Gasteiger partial charge in [0.05, 0.1) is 16.8 Å². The highest BCUT2D eigenvalue weighted by molar-refractivity contribution is 7.16. The summed E-state index contributed by atoms with van der Waals surface area (Å²) in [6, 6.07) is 11.3. The molecule has 0 aliphatic carbocycles. The topological polar surface area (TPSA) is 115 Å². The predicted octanol–water partition coefficient (Wildman–Crippen LogP) is 6.47. The van der Waals surface area contributed by atoms with E-state index in [-0.39, 0.29) is 18.4 Å². The molecule has 1 aromatic carbocycles.